The molecule has 1 aliphatic heterocycles. The molecule has 1 saturated heterocycles. The standard InChI is InChI=1S/C16H15Cl3F3N5/c1-26-2-4-27(5-3-26)15-24-13(16(20,21)22)11(14(23)25-15)9-6-8(17)7-10(18)12(9)19/h6-7H,2-5H2,1H3,(H2,23,24,25). The van der Waals surface area contributed by atoms with Crippen LogP contribution in [-0.4, -0.2) is 48.1 Å². The molecule has 11 heteroatoms. The predicted octanol–water partition coefficient (Wildman–Crippen LogP) is 4.46. The van der Waals surface area contributed by atoms with Gasteiger partial charge in [-0.15, -0.1) is 0 Å². The SMILES string of the molecule is CN1CCN(c2nc(N)c(-c3cc(Cl)cc(Cl)c3Cl)c(C(F)(F)F)n2)CC1. The van der Waals surface area contributed by atoms with E-state index in [0.29, 0.717) is 26.2 Å². The van der Waals surface area contributed by atoms with Gasteiger partial charge in [0.2, 0.25) is 5.95 Å². The molecular weight excluding hydrogens is 426 g/mol. The number of nitrogens with two attached hydrogens (primary N) is 1. The third-order valence-corrected chi connectivity index (χ3v) is 5.26. The minimum absolute atomic E-state index is 0.00911. The average Bonchev–Trinajstić information content (AvgIpc) is 2.57. The monoisotopic (exact) mass is 439 g/mol. The Bertz CT molecular complexity index is 867. The Balaban J connectivity index is 2.18. The fourth-order valence-corrected chi connectivity index (χ4v) is 3.52. The minimum atomic E-state index is -4.77. The van der Waals surface area contributed by atoms with Crippen LogP contribution in [0.1, 0.15) is 5.69 Å². The number of anilines is 2. The van der Waals surface area contributed by atoms with E-state index in [4.69, 9.17) is 40.5 Å². The van der Waals surface area contributed by atoms with Crippen LogP contribution in [0.25, 0.3) is 11.1 Å². The summed E-state index contributed by atoms with van der Waals surface area (Å²) >= 11 is 18.0. The summed E-state index contributed by atoms with van der Waals surface area (Å²) in [5.41, 5.74) is 4.24. The molecule has 27 heavy (non-hydrogen) atoms. The van der Waals surface area contributed by atoms with Crippen LogP contribution < -0.4 is 10.6 Å². The summed E-state index contributed by atoms with van der Waals surface area (Å²) < 4.78 is 41.3. The molecule has 1 fully saturated rings. The van der Waals surface area contributed by atoms with Gasteiger partial charge < -0.3 is 15.5 Å². The summed E-state index contributed by atoms with van der Waals surface area (Å²) in [5.74, 6) is -0.410. The van der Waals surface area contributed by atoms with Gasteiger partial charge in [0, 0.05) is 36.8 Å². The van der Waals surface area contributed by atoms with Crippen molar-refractivity contribution in [3.8, 4) is 11.1 Å². The zero-order valence-electron chi connectivity index (χ0n) is 14.1. The van der Waals surface area contributed by atoms with Gasteiger partial charge in [0.05, 0.1) is 15.6 Å². The van der Waals surface area contributed by atoms with Gasteiger partial charge in [-0.1, -0.05) is 34.8 Å². The number of rotatable bonds is 2. The van der Waals surface area contributed by atoms with Gasteiger partial charge in [-0.2, -0.15) is 18.2 Å². The highest BCUT2D eigenvalue weighted by atomic mass is 35.5. The predicted molar refractivity (Wildman–Crippen MR) is 102 cm³/mol. The Labute approximate surface area is 168 Å². The van der Waals surface area contributed by atoms with E-state index in [2.05, 4.69) is 14.9 Å². The van der Waals surface area contributed by atoms with Crippen molar-refractivity contribution in [3.05, 3.63) is 32.9 Å². The van der Waals surface area contributed by atoms with Crippen LogP contribution in [-0.2, 0) is 6.18 Å². The van der Waals surface area contributed by atoms with Gasteiger partial charge in [0.1, 0.15) is 5.82 Å². The number of halogens is 6. The highest BCUT2D eigenvalue weighted by Gasteiger charge is 2.39. The number of alkyl halides is 3. The number of aromatic nitrogens is 2. The Hall–Kier alpha value is -1.48. The number of hydrogen-bond acceptors (Lipinski definition) is 5. The lowest BCUT2D eigenvalue weighted by Crippen LogP contribution is -2.45. The molecule has 0 amide bonds. The van der Waals surface area contributed by atoms with Gasteiger partial charge in [-0.05, 0) is 19.2 Å². The molecule has 0 aliphatic carbocycles. The first kappa shape index (κ1) is 20.3. The van der Waals surface area contributed by atoms with E-state index in [-0.39, 0.29) is 32.4 Å². The summed E-state index contributed by atoms with van der Waals surface area (Å²) in [6, 6.07) is 2.59. The van der Waals surface area contributed by atoms with E-state index >= 15 is 0 Å². The Morgan fingerprint density at radius 2 is 1.67 bits per heavy atom. The van der Waals surface area contributed by atoms with E-state index in [9.17, 15) is 13.2 Å². The first-order chi connectivity index (χ1) is 12.6. The van der Waals surface area contributed by atoms with Crippen molar-refractivity contribution in [2.75, 3.05) is 43.9 Å². The number of piperazine rings is 1. The molecule has 1 aliphatic rings. The molecule has 0 radical (unpaired) electrons. The van der Waals surface area contributed by atoms with E-state index in [1.807, 2.05) is 7.05 Å². The second-order valence-electron chi connectivity index (χ2n) is 6.17. The van der Waals surface area contributed by atoms with Crippen molar-refractivity contribution in [2.45, 2.75) is 6.18 Å². The van der Waals surface area contributed by atoms with Crippen molar-refractivity contribution in [1.29, 1.82) is 0 Å². The fourth-order valence-electron chi connectivity index (χ4n) is 2.82. The van der Waals surface area contributed by atoms with Gasteiger partial charge >= 0.3 is 6.18 Å². The molecule has 2 N–H and O–H groups in total. The Morgan fingerprint density at radius 3 is 2.26 bits per heavy atom. The van der Waals surface area contributed by atoms with Crippen LogP contribution >= 0.6 is 34.8 Å². The number of likely N-dealkylation sites (N-methyl/N-ethyl adjacent to an activating group) is 1. The van der Waals surface area contributed by atoms with Crippen LogP contribution in [0.5, 0.6) is 0 Å². The quantitative estimate of drug-likeness (QED) is 0.699. The van der Waals surface area contributed by atoms with Gasteiger partial charge in [-0.25, -0.2) is 4.98 Å². The second-order valence-corrected chi connectivity index (χ2v) is 7.39. The molecule has 0 saturated carbocycles. The summed E-state index contributed by atoms with van der Waals surface area (Å²) in [5, 5.41) is 0.0270. The van der Waals surface area contributed by atoms with Crippen LogP contribution in [0.3, 0.4) is 0 Å². The van der Waals surface area contributed by atoms with E-state index in [0.717, 1.165) is 0 Å². The van der Waals surface area contributed by atoms with Crippen LogP contribution in [0, 0.1) is 0 Å². The molecular formula is C16H15Cl3F3N5. The van der Waals surface area contributed by atoms with Crippen molar-refractivity contribution < 1.29 is 13.2 Å². The third kappa shape index (κ3) is 4.18. The summed E-state index contributed by atoms with van der Waals surface area (Å²) in [4.78, 5) is 11.6. The fraction of sp³-hybridized carbons (Fsp3) is 0.375. The maximum atomic E-state index is 13.8. The van der Waals surface area contributed by atoms with Gasteiger partial charge in [0.25, 0.3) is 0 Å². The van der Waals surface area contributed by atoms with Gasteiger partial charge in [0.15, 0.2) is 5.69 Å². The number of benzene rings is 1. The summed E-state index contributed by atoms with van der Waals surface area (Å²) in [6.07, 6.45) is -4.77. The highest BCUT2D eigenvalue weighted by Crippen LogP contribution is 2.44. The first-order valence-electron chi connectivity index (χ1n) is 7.91. The number of nitrogens with zero attached hydrogens (tertiary/aromatic N) is 4. The first-order valence-corrected chi connectivity index (χ1v) is 9.04. The lowest BCUT2D eigenvalue weighted by molar-refractivity contribution is -0.140. The molecule has 5 nitrogen and oxygen atoms in total. The molecule has 0 atom stereocenters. The lowest BCUT2D eigenvalue weighted by Gasteiger charge is -2.33. The van der Waals surface area contributed by atoms with Crippen LogP contribution in [0.4, 0.5) is 24.9 Å². The lowest BCUT2D eigenvalue weighted by atomic mass is 10.0. The molecule has 3 rings (SSSR count). The molecule has 146 valence electrons. The van der Waals surface area contributed by atoms with E-state index in [1.54, 1.807) is 4.90 Å². The zero-order chi connectivity index (χ0) is 19.9. The Kier molecular flexibility index (Phi) is 5.63. The third-order valence-electron chi connectivity index (χ3n) is 4.24. The van der Waals surface area contributed by atoms with Crippen molar-refractivity contribution in [3.63, 3.8) is 0 Å². The normalized spacial score (nSPS) is 16.0. The highest BCUT2D eigenvalue weighted by molar-refractivity contribution is 6.45. The van der Waals surface area contributed by atoms with Crippen molar-refractivity contribution in [2.24, 2.45) is 0 Å². The second kappa shape index (κ2) is 7.50. The van der Waals surface area contributed by atoms with Crippen molar-refractivity contribution >= 4 is 46.6 Å². The van der Waals surface area contributed by atoms with E-state index < -0.39 is 17.4 Å². The largest absolute Gasteiger partial charge is 0.434 e. The molecule has 2 aromatic rings. The molecule has 2 heterocycles. The molecule has 0 spiro atoms. The summed E-state index contributed by atoms with van der Waals surface area (Å²) in [7, 11) is 1.93. The smallest absolute Gasteiger partial charge is 0.383 e. The average molecular weight is 441 g/mol. The molecule has 0 unspecified atom stereocenters. The zero-order valence-corrected chi connectivity index (χ0v) is 16.4. The van der Waals surface area contributed by atoms with Gasteiger partial charge in [-0.3, -0.25) is 0 Å². The van der Waals surface area contributed by atoms with Crippen LogP contribution in [0.15, 0.2) is 12.1 Å². The molecule has 1 aromatic carbocycles. The summed E-state index contributed by atoms with van der Waals surface area (Å²) in [6.45, 7) is 2.36. The number of nitrogen functional groups attached to an aromatic ring is 1. The topological polar surface area (TPSA) is 58.3 Å². The maximum absolute atomic E-state index is 13.8. The van der Waals surface area contributed by atoms with Crippen molar-refractivity contribution in [1.82, 2.24) is 14.9 Å². The maximum Gasteiger partial charge on any atom is 0.434 e. The minimum Gasteiger partial charge on any atom is -0.383 e. The Morgan fingerprint density at radius 1 is 1.04 bits per heavy atom. The van der Waals surface area contributed by atoms with Crippen LogP contribution in [0.2, 0.25) is 15.1 Å². The molecule has 0 bridgehead atoms. The number of hydrogen-bond donors (Lipinski definition) is 1. The van der Waals surface area contributed by atoms with E-state index in [1.165, 1.54) is 12.1 Å². The molecule has 1 aromatic heterocycles.